The fourth-order valence-electron chi connectivity index (χ4n) is 3.17. The van der Waals surface area contributed by atoms with E-state index in [4.69, 9.17) is 9.15 Å². The summed E-state index contributed by atoms with van der Waals surface area (Å²) in [5, 5.41) is 0.984. The van der Waals surface area contributed by atoms with Crippen molar-refractivity contribution in [1.82, 2.24) is 4.90 Å². The smallest absolute Gasteiger partial charge is 0.308 e. The summed E-state index contributed by atoms with van der Waals surface area (Å²) < 4.78 is 10.6. The van der Waals surface area contributed by atoms with E-state index in [1.54, 1.807) is 4.90 Å². The summed E-state index contributed by atoms with van der Waals surface area (Å²) in [4.78, 5) is 26.1. The van der Waals surface area contributed by atoms with Crippen molar-refractivity contribution >= 4 is 22.8 Å². The second-order valence-electron chi connectivity index (χ2n) is 6.15. The molecule has 0 atom stereocenters. The second kappa shape index (κ2) is 6.07. The van der Waals surface area contributed by atoms with Gasteiger partial charge in [-0.3, -0.25) is 9.59 Å². The number of amides is 1. The van der Waals surface area contributed by atoms with E-state index >= 15 is 0 Å². The Bertz CT molecular complexity index is 754. The predicted molar refractivity (Wildman–Crippen MR) is 86.3 cm³/mol. The summed E-state index contributed by atoms with van der Waals surface area (Å²) in [6, 6.07) is 5.91. The lowest BCUT2D eigenvalue weighted by Gasteiger charge is -2.30. The van der Waals surface area contributed by atoms with Crippen LogP contribution < -0.4 is 0 Å². The van der Waals surface area contributed by atoms with E-state index in [0.717, 1.165) is 22.1 Å². The lowest BCUT2D eigenvalue weighted by atomic mass is 9.96. The van der Waals surface area contributed by atoms with Gasteiger partial charge in [-0.1, -0.05) is 11.6 Å². The van der Waals surface area contributed by atoms with Crippen molar-refractivity contribution in [3.63, 3.8) is 0 Å². The van der Waals surface area contributed by atoms with Crippen molar-refractivity contribution in [1.29, 1.82) is 0 Å². The van der Waals surface area contributed by atoms with E-state index < -0.39 is 0 Å². The molecule has 1 aromatic carbocycles. The maximum Gasteiger partial charge on any atom is 0.308 e. The Hall–Kier alpha value is -2.30. The van der Waals surface area contributed by atoms with Gasteiger partial charge in [-0.15, -0.1) is 0 Å². The highest BCUT2D eigenvalue weighted by Crippen LogP contribution is 2.28. The third kappa shape index (κ3) is 2.83. The first-order valence-electron chi connectivity index (χ1n) is 7.88. The number of ether oxygens (including phenoxy) is 1. The van der Waals surface area contributed by atoms with Crippen LogP contribution in [0.5, 0.6) is 0 Å². The average molecular weight is 315 g/mol. The van der Waals surface area contributed by atoms with Crippen molar-refractivity contribution in [2.45, 2.75) is 26.7 Å². The van der Waals surface area contributed by atoms with Crippen molar-refractivity contribution in [3.05, 3.63) is 35.1 Å². The maximum atomic E-state index is 12.7. The standard InChI is InChI=1S/C18H21NO4/c1-11-4-5-15-14(10-11)12(2)16(23-15)17(20)19-8-6-13(7-9-19)18(21)22-3/h4-5,10,13H,6-9H2,1-3H3. The minimum atomic E-state index is -0.188. The molecular weight excluding hydrogens is 294 g/mol. The van der Waals surface area contributed by atoms with Crippen LogP contribution in [0.25, 0.3) is 11.0 Å². The molecule has 5 heteroatoms. The number of rotatable bonds is 2. The van der Waals surface area contributed by atoms with Gasteiger partial charge in [0.15, 0.2) is 5.76 Å². The molecule has 2 heterocycles. The first kappa shape index (κ1) is 15.6. The molecule has 5 nitrogen and oxygen atoms in total. The van der Waals surface area contributed by atoms with E-state index in [1.807, 2.05) is 32.0 Å². The van der Waals surface area contributed by atoms with E-state index in [2.05, 4.69) is 0 Å². The van der Waals surface area contributed by atoms with E-state index in [9.17, 15) is 9.59 Å². The van der Waals surface area contributed by atoms with Crippen LogP contribution in [0.1, 0.15) is 34.5 Å². The minimum Gasteiger partial charge on any atom is -0.469 e. The van der Waals surface area contributed by atoms with Crippen LogP contribution >= 0.6 is 0 Å². The Kier molecular flexibility index (Phi) is 4.11. The van der Waals surface area contributed by atoms with Crippen molar-refractivity contribution in [2.75, 3.05) is 20.2 Å². The quantitative estimate of drug-likeness (QED) is 0.799. The van der Waals surface area contributed by atoms with Crippen molar-refractivity contribution in [3.8, 4) is 0 Å². The number of likely N-dealkylation sites (tertiary alicyclic amines) is 1. The lowest BCUT2D eigenvalue weighted by molar-refractivity contribution is -0.146. The molecule has 0 N–H and O–H groups in total. The summed E-state index contributed by atoms with van der Waals surface area (Å²) in [7, 11) is 1.40. The van der Waals surface area contributed by atoms with Gasteiger partial charge in [-0.05, 0) is 38.8 Å². The summed E-state index contributed by atoms with van der Waals surface area (Å²) in [5.41, 5.74) is 2.75. The zero-order chi connectivity index (χ0) is 16.6. The lowest BCUT2D eigenvalue weighted by Crippen LogP contribution is -2.40. The van der Waals surface area contributed by atoms with Gasteiger partial charge in [-0.25, -0.2) is 0 Å². The molecule has 1 aliphatic heterocycles. The zero-order valence-electron chi connectivity index (χ0n) is 13.7. The van der Waals surface area contributed by atoms with Crippen LogP contribution in [0.3, 0.4) is 0 Å². The number of piperidine rings is 1. The van der Waals surface area contributed by atoms with E-state index in [0.29, 0.717) is 31.7 Å². The van der Waals surface area contributed by atoms with E-state index in [1.165, 1.54) is 7.11 Å². The number of furan rings is 1. The number of carbonyl (C=O) groups is 2. The molecular formula is C18H21NO4. The molecule has 122 valence electrons. The summed E-state index contributed by atoms with van der Waals surface area (Å²) in [5.74, 6) is 0.0118. The number of hydrogen-bond acceptors (Lipinski definition) is 4. The molecule has 0 bridgehead atoms. The maximum absolute atomic E-state index is 12.7. The third-order valence-corrected chi connectivity index (χ3v) is 4.60. The van der Waals surface area contributed by atoms with Gasteiger partial charge >= 0.3 is 5.97 Å². The number of benzene rings is 1. The topological polar surface area (TPSA) is 59.8 Å². The number of nitrogens with zero attached hydrogens (tertiary/aromatic N) is 1. The Balaban J connectivity index is 1.79. The Morgan fingerprint density at radius 3 is 2.57 bits per heavy atom. The number of carbonyl (C=O) groups excluding carboxylic acids is 2. The summed E-state index contributed by atoms with van der Waals surface area (Å²) in [6.07, 6.45) is 1.27. The number of esters is 1. The Labute approximate surface area is 135 Å². The summed E-state index contributed by atoms with van der Waals surface area (Å²) in [6.45, 7) is 5.03. The second-order valence-corrected chi connectivity index (χ2v) is 6.15. The normalized spacial score (nSPS) is 15.9. The molecule has 23 heavy (non-hydrogen) atoms. The van der Waals surface area contributed by atoms with Crippen LogP contribution in [0.15, 0.2) is 22.6 Å². The van der Waals surface area contributed by atoms with Gasteiger partial charge in [0, 0.05) is 24.0 Å². The van der Waals surface area contributed by atoms with Crippen LogP contribution in [0.2, 0.25) is 0 Å². The monoisotopic (exact) mass is 315 g/mol. The fourth-order valence-corrected chi connectivity index (χ4v) is 3.17. The molecule has 3 rings (SSSR count). The molecule has 1 saturated heterocycles. The van der Waals surface area contributed by atoms with Crippen molar-refractivity contribution < 1.29 is 18.7 Å². The van der Waals surface area contributed by atoms with Gasteiger partial charge in [0.1, 0.15) is 5.58 Å². The SMILES string of the molecule is COC(=O)C1CCN(C(=O)c2oc3ccc(C)cc3c2C)CC1. The van der Waals surface area contributed by atoms with Gasteiger partial charge < -0.3 is 14.1 Å². The first-order chi connectivity index (χ1) is 11.0. The van der Waals surface area contributed by atoms with Gasteiger partial charge in [0.25, 0.3) is 5.91 Å². The average Bonchev–Trinajstić information content (AvgIpc) is 2.90. The molecule has 1 amide bonds. The van der Waals surface area contributed by atoms with Crippen molar-refractivity contribution in [2.24, 2.45) is 5.92 Å². The zero-order valence-corrected chi connectivity index (χ0v) is 13.7. The van der Waals surface area contributed by atoms with Gasteiger partial charge in [0.2, 0.25) is 0 Å². The van der Waals surface area contributed by atoms with Crippen LogP contribution in [0, 0.1) is 19.8 Å². The molecule has 0 spiro atoms. The molecule has 0 saturated carbocycles. The number of methoxy groups -OCH3 is 1. The molecule has 0 aliphatic carbocycles. The predicted octanol–water partition coefficient (Wildman–Crippen LogP) is 3.07. The molecule has 1 aromatic heterocycles. The Morgan fingerprint density at radius 2 is 1.91 bits per heavy atom. The number of aryl methyl sites for hydroxylation is 2. The first-order valence-corrected chi connectivity index (χ1v) is 7.88. The highest BCUT2D eigenvalue weighted by Gasteiger charge is 2.30. The fraction of sp³-hybridized carbons (Fsp3) is 0.444. The molecule has 2 aromatic rings. The third-order valence-electron chi connectivity index (χ3n) is 4.60. The number of fused-ring (bicyclic) bond motifs is 1. The Morgan fingerprint density at radius 1 is 1.22 bits per heavy atom. The summed E-state index contributed by atoms with van der Waals surface area (Å²) >= 11 is 0. The van der Waals surface area contributed by atoms with E-state index in [-0.39, 0.29) is 17.8 Å². The number of hydrogen-bond donors (Lipinski definition) is 0. The molecule has 0 unspecified atom stereocenters. The van der Waals surface area contributed by atoms with Gasteiger partial charge in [-0.2, -0.15) is 0 Å². The van der Waals surface area contributed by atoms with Crippen LogP contribution in [0.4, 0.5) is 0 Å². The minimum absolute atomic E-state index is 0.0975. The molecule has 1 fully saturated rings. The van der Waals surface area contributed by atoms with Crippen LogP contribution in [-0.4, -0.2) is 37.0 Å². The molecule has 0 radical (unpaired) electrons. The molecule has 1 aliphatic rings. The van der Waals surface area contributed by atoms with Gasteiger partial charge in [0.05, 0.1) is 13.0 Å². The highest BCUT2D eigenvalue weighted by atomic mass is 16.5. The van der Waals surface area contributed by atoms with Crippen LogP contribution in [-0.2, 0) is 9.53 Å². The largest absolute Gasteiger partial charge is 0.469 e. The highest BCUT2D eigenvalue weighted by molar-refractivity contribution is 5.99.